The van der Waals surface area contributed by atoms with Crippen LogP contribution in [0, 0.1) is 0 Å². The van der Waals surface area contributed by atoms with Gasteiger partial charge in [0.2, 0.25) is 0 Å². The van der Waals surface area contributed by atoms with Crippen LogP contribution in [0.1, 0.15) is 5.56 Å². The molecule has 0 unspecified atom stereocenters. The Morgan fingerprint density at radius 2 is 1.43 bits per heavy atom. The molecule has 0 bridgehead atoms. The van der Waals surface area contributed by atoms with Gasteiger partial charge in [0, 0.05) is 16.3 Å². The molecule has 1 heterocycles. The van der Waals surface area contributed by atoms with Gasteiger partial charge < -0.3 is 0 Å². The van der Waals surface area contributed by atoms with Gasteiger partial charge in [-0.3, -0.25) is 0 Å². The molecule has 28 heavy (non-hydrogen) atoms. The van der Waals surface area contributed by atoms with Crippen LogP contribution < -0.4 is 4.31 Å². The first kappa shape index (κ1) is 18.9. The molecular formula is C22H16BrNO2S2. The Morgan fingerprint density at radius 1 is 0.821 bits per heavy atom. The second-order valence-corrected chi connectivity index (χ2v) is 9.70. The Bertz CT molecular complexity index is 1230. The summed E-state index contributed by atoms with van der Waals surface area (Å²) < 4.78 is 30.0. The maximum atomic E-state index is 13.4. The Kier molecular flexibility index (Phi) is 5.35. The lowest BCUT2D eigenvalue weighted by Crippen LogP contribution is -2.25. The molecule has 0 amide bonds. The normalized spacial score (nSPS) is 11.9. The van der Waals surface area contributed by atoms with Crippen LogP contribution in [0.3, 0.4) is 0 Å². The first-order valence-corrected chi connectivity index (χ1v) is 11.6. The highest BCUT2D eigenvalue weighted by atomic mass is 79.9. The number of fused-ring (bicyclic) bond motifs is 1. The number of halogens is 1. The lowest BCUT2D eigenvalue weighted by Gasteiger charge is -2.19. The van der Waals surface area contributed by atoms with Crippen LogP contribution in [-0.2, 0) is 10.0 Å². The van der Waals surface area contributed by atoms with Crippen molar-refractivity contribution in [1.29, 1.82) is 0 Å². The zero-order valence-electron chi connectivity index (χ0n) is 14.7. The highest BCUT2D eigenvalue weighted by molar-refractivity contribution is 9.10. The Morgan fingerprint density at radius 3 is 2.11 bits per heavy atom. The third kappa shape index (κ3) is 3.63. The van der Waals surface area contributed by atoms with Crippen molar-refractivity contribution in [1.82, 2.24) is 0 Å². The maximum absolute atomic E-state index is 13.4. The van der Waals surface area contributed by atoms with Crippen LogP contribution in [0.2, 0.25) is 0 Å². The number of benzene rings is 3. The fourth-order valence-corrected chi connectivity index (χ4v) is 6.50. The number of thiophene rings is 1. The molecule has 0 saturated carbocycles. The zero-order chi connectivity index (χ0) is 19.6. The number of sulfonamides is 1. The van der Waals surface area contributed by atoms with Gasteiger partial charge in [-0.15, -0.1) is 11.3 Å². The number of nitrogens with zero attached hydrogens (tertiary/aromatic N) is 1. The second kappa shape index (κ2) is 7.91. The van der Waals surface area contributed by atoms with Gasteiger partial charge >= 0.3 is 0 Å². The first-order chi connectivity index (χ1) is 13.6. The minimum Gasteiger partial charge on any atom is -0.231 e. The minimum absolute atomic E-state index is 0.247. The lowest BCUT2D eigenvalue weighted by molar-refractivity contribution is 0.596. The predicted octanol–water partition coefficient (Wildman–Crippen LogP) is 6.53. The van der Waals surface area contributed by atoms with Crippen LogP contribution >= 0.6 is 27.3 Å². The molecule has 0 spiro atoms. The molecule has 0 aliphatic heterocycles. The van der Waals surface area contributed by atoms with Gasteiger partial charge in [-0.25, -0.2) is 12.7 Å². The van der Waals surface area contributed by atoms with Crippen LogP contribution in [-0.4, -0.2) is 8.42 Å². The van der Waals surface area contributed by atoms with E-state index in [1.807, 2.05) is 54.6 Å². The van der Waals surface area contributed by atoms with Gasteiger partial charge in [0.05, 0.1) is 9.37 Å². The van der Waals surface area contributed by atoms with Crippen molar-refractivity contribution in [3.8, 4) is 0 Å². The van der Waals surface area contributed by atoms with Crippen LogP contribution in [0.5, 0.6) is 0 Å². The summed E-state index contributed by atoms with van der Waals surface area (Å²) >= 11 is 5.05. The van der Waals surface area contributed by atoms with Gasteiger partial charge in [0.1, 0.15) is 5.00 Å². The summed E-state index contributed by atoms with van der Waals surface area (Å²) in [5.41, 5.74) is 0.924. The van der Waals surface area contributed by atoms with Gasteiger partial charge in [0.25, 0.3) is 10.0 Å². The van der Waals surface area contributed by atoms with Gasteiger partial charge in [-0.2, -0.15) is 0 Å². The molecule has 3 nitrogen and oxygen atoms in total. The number of anilines is 1. The molecule has 3 aromatic carbocycles. The van der Waals surface area contributed by atoms with Crippen LogP contribution in [0.15, 0.2) is 100 Å². The molecule has 0 radical (unpaired) electrons. The van der Waals surface area contributed by atoms with Crippen molar-refractivity contribution in [2.75, 3.05) is 4.31 Å². The molecule has 0 aliphatic rings. The Labute approximate surface area is 176 Å². The van der Waals surface area contributed by atoms with Crippen LogP contribution in [0.4, 0.5) is 5.00 Å². The van der Waals surface area contributed by atoms with Crippen molar-refractivity contribution in [2.24, 2.45) is 0 Å². The van der Waals surface area contributed by atoms with Gasteiger partial charge in [0.15, 0.2) is 0 Å². The third-order valence-corrected chi connectivity index (χ3v) is 8.26. The van der Waals surface area contributed by atoms with E-state index in [1.54, 1.807) is 42.6 Å². The summed E-state index contributed by atoms with van der Waals surface area (Å²) in [5.74, 6) is 0. The van der Waals surface area contributed by atoms with Crippen molar-refractivity contribution in [3.05, 3.63) is 101 Å². The molecule has 6 heteroatoms. The van der Waals surface area contributed by atoms with E-state index < -0.39 is 10.0 Å². The molecule has 0 fully saturated rings. The predicted molar refractivity (Wildman–Crippen MR) is 121 cm³/mol. The fraction of sp³-hybridized carbons (Fsp3) is 0. The van der Waals surface area contributed by atoms with E-state index in [2.05, 4.69) is 15.9 Å². The highest BCUT2D eigenvalue weighted by Gasteiger charge is 2.27. The van der Waals surface area contributed by atoms with Crippen molar-refractivity contribution in [3.63, 3.8) is 0 Å². The minimum atomic E-state index is -3.77. The van der Waals surface area contributed by atoms with Gasteiger partial charge in [-0.05, 0) is 45.8 Å². The zero-order valence-corrected chi connectivity index (χ0v) is 17.9. The average Bonchev–Trinajstić information content (AvgIpc) is 3.06. The summed E-state index contributed by atoms with van der Waals surface area (Å²) in [7, 11) is -3.77. The van der Waals surface area contributed by atoms with E-state index in [0.29, 0.717) is 5.00 Å². The molecule has 0 atom stereocenters. The number of hydrogen-bond acceptors (Lipinski definition) is 3. The monoisotopic (exact) mass is 469 g/mol. The smallest absolute Gasteiger partial charge is 0.231 e. The number of hydrogen-bond donors (Lipinski definition) is 0. The number of rotatable bonds is 5. The molecular weight excluding hydrogens is 454 g/mol. The molecule has 4 rings (SSSR count). The quantitative estimate of drug-likeness (QED) is 0.333. The topological polar surface area (TPSA) is 37.4 Å². The Balaban J connectivity index is 1.88. The Hall–Kier alpha value is -2.41. The van der Waals surface area contributed by atoms with E-state index in [1.165, 1.54) is 15.6 Å². The summed E-state index contributed by atoms with van der Waals surface area (Å²) in [4.78, 5) is 0.247. The summed E-state index contributed by atoms with van der Waals surface area (Å²) in [5, 5.41) is 1.61. The third-order valence-electron chi connectivity index (χ3n) is 4.22. The summed E-state index contributed by atoms with van der Waals surface area (Å²) in [6.07, 6.45) is 3.42. The highest BCUT2D eigenvalue weighted by Crippen LogP contribution is 2.44. The van der Waals surface area contributed by atoms with Gasteiger partial charge in [-0.1, -0.05) is 66.7 Å². The summed E-state index contributed by atoms with van der Waals surface area (Å²) in [6, 6.07) is 26.0. The standard InChI is InChI=1S/C22H16BrNO2S2/c23-21-19-13-7-8-14-20(19)27-22(21)24(16-15-17-9-3-1-4-10-17)28(25,26)18-11-5-2-6-12-18/h1-16H. The maximum Gasteiger partial charge on any atom is 0.268 e. The second-order valence-electron chi connectivity index (χ2n) is 6.06. The van der Waals surface area contributed by atoms with E-state index >= 15 is 0 Å². The fourth-order valence-electron chi connectivity index (χ4n) is 2.82. The first-order valence-electron chi connectivity index (χ1n) is 8.57. The molecule has 1 aromatic heterocycles. The van der Waals surface area contributed by atoms with Crippen molar-refractivity contribution in [2.45, 2.75) is 4.90 Å². The van der Waals surface area contributed by atoms with E-state index in [-0.39, 0.29) is 4.90 Å². The van der Waals surface area contributed by atoms with Crippen molar-refractivity contribution >= 4 is 58.5 Å². The summed E-state index contributed by atoms with van der Waals surface area (Å²) in [6.45, 7) is 0. The van der Waals surface area contributed by atoms with Crippen molar-refractivity contribution < 1.29 is 8.42 Å². The molecule has 140 valence electrons. The van der Waals surface area contributed by atoms with E-state index in [9.17, 15) is 8.42 Å². The van der Waals surface area contributed by atoms with E-state index in [4.69, 9.17) is 0 Å². The average molecular weight is 470 g/mol. The van der Waals surface area contributed by atoms with Crippen LogP contribution in [0.25, 0.3) is 16.2 Å². The largest absolute Gasteiger partial charge is 0.268 e. The SMILES string of the molecule is O=S(=O)(c1ccccc1)N(C=Cc1ccccc1)c1sc2ccccc2c1Br. The molecule has 0 aliphatic carbocycles. The lowest BCUT2D eigenvalue weighted by atomic mass is 10.2. The molecule has 0 saturated heterocycles. The van der Waals surface area contributed by atoms with E-state index in [0.717, 1.165) is 20.1 Å². The molecule has 0 N–H and O–H groups in total. The molecule has 4 aromatic rings.